The molecule has 0 saturated carbocycles. The van der Waals surface area contributed by atoms with Gasteiger partial charge in [-0.1, -0.05) is 0 Å². The third-order valence-electron chi connectivity index (χ3n) is 2.48. The number of carbonyl (C=O) groups is 1. The molecular weight excluding hydrogens is 216 g/mol. The van der Waals surface area contributed by atoms with E-state index < -0.39 is 0 Å². The maximum absolute atomic E-state index is 11.6. The normalized spacial score (nSPS) is 10.2. The van der Waals surface area contributed by atoms with Crippen LogP contribution in [-0.2, 0) is 0 Å². The van der Waals surface area contributed by atoms with Gasteiger partial charge in [0.2, 0.25) is 0 Å². The lowest BCUT2D eigenvalue weighted by atomic mass is 10.1. The smallest absolute Gasteiger partial charge is 0.319 e. The number of urea groups is 1. The van der Waals surface area contributed by atoms with E-state index >= 15 is 0 Å². The number of rotatable bonds is 3. The minimum atomic E-state index is -0.221. The number of amides is 2. The van der Waals surface area contributed by atoms with Crippen LogP contribution in [0.25, 0.3) is 0 Å². The van der Waals surface area contributed by atoms with Gasteiger partial charge >= 0.3 is 6.03 Å². The van der Waals surface area contributed by atoms with E-state index in [0.717, 1.165) is 11.1 Å². The first-order chi connectivity index (χ1) is 7.93. The summed E-state index contributed by atoms with van der Waals surface area (Å²) in [5.41, 5.74) is 2.94. The lowest BCUT2D eigenvalue weighted by molar-refractivity contribution is 0.250. The molecule has 0 spiro atoms. The summed E-state index contributed by atoms with van der Waals surface area (Å²) in [7, 11) is 1.59. The predicted molar refractivity (Wildman–Crippen MR) is 69.8 cm³/mol. The summed E-state index contributed by atoms with van der Waals surface area (Å²) in [6, 6.07) is 3.71. The molecule has 2 amide bonds. The monoisotopic (exact) mass is 236 g/mol. The van der Waals surface area contributed by atoms with Gasteiger partial charge in [-0.15, -0.1) is 0 Å². The highest BCUT2D eigenvalue weighted by Crippen LogP contribution is 2.27. The highest BCUT2D eigenvalue weighted by molar-refractivity contribution is 5.91. The van der Waals surface area contributed by atoms with E-state index in [1.54, 1.807) is 7.11 Å². The lowest BCUT2D eigenvalue weighted by Crippen LogP contribution is -2.34. The molecule has 0 heterocycles. The van der Waals surface area contributed by atoms with Gasteiger partial charge in [0.25, 0.3) is 0 Å². The molecule has 17 heavy (non-hydrogen) atoms. The van der Waals surface area contributed by atoms with Crippen LogP contribution in [0.4, 0.5) is 10.5 Å². The molecule has 0 atom stereocenters. The van der Waals surface area contributed by atoms with Crippen LogP contribution in [0.3, 0.4) is 0 Å². The molecule has 0 aromatic heterocycles. The Bertz CT molecular complexity index is 414. The second kappa shape index (κ2) is 5.57. The topological polar surface area (TPSA) is 50.4 Å². The van der Waals surface area contributed by atoms with Crippen LogP contribution in [0, 0.1) is 13.8 Å². The number of methoxy groups -OCH3 is 1. The Kier molecular flexibility index (Phi) is 4.37. The van der Waals surface area contributed by atoms with Crippen LogP contribution in [0.5, 0.6) is 5.75 Å². The van der Waals surface area contributed by atoms with Crippen LogP contribution >= 0.6 is 0 Å². The molecule has 0 aliphatic heterocycles. The Balaban J connectivity index is 2.90. The van der Waals surface area contributed by atoms with Crippen molar-refractivity contribution in [2.24, 2.45) is 0 Å². The van der Waals surface area contributed by atoms with Crippen molar-refractivity contribution in [3.05, 3.63) is 23.3 Å². The minimum Gasteiger partial charge on any atom is -0.495 e. The summed E-state index contributed by atoms with van der Waals surface area (Å²) in [5, 5.41) is 5.56. The third kappa shape index (κ3) is 3.66. The van der Waals surface area contributed by atoms with Gasteiger partial charge in [0, 0.05) is 6.04 Å². The molecule has 1 aromatic rings. The Morgan fingerprint density at radius 1 is 1.24 bits per heavy atom. The number of carbonyl (C=O) groups excluding carboxylic acids is 1. The zero-order valence-corrected chi connectivity index (χ0v) is 11.0. The molecule has 4 heteroatoms. The van der Waals surface area contributed by atoms with Crippen molar-refractivity contribution in [1.82, 2.24) is 5.32 Å². The molecule has 0 unspecified atom stereocenters. The molecule has 94 valence electrons. The van der Waals surface area contributed by atoms with Crippen LogP contribution in [0.15, 0.2) is 12.1 Å². The van der Waals surface area contributed by atoms with E-state index in [1.165, 1.54) is 0 Å². The molecule has 0 aliphatic rings. The highest BCUT2D eigenvalue weighted by atomic mass is 16.5. The molecule has 0 bridgehead atoms. The van der Waals surface area contributed by atoms with Crippen molar-refractivity contribution in [2.75, 3.05) is 12.4 Å². The number of hydrogen-bond acceptors (Lipinski definition) is 2. The Hall–Kier alpha value is -1.71. The van der Waals surface area contributed by atoms with Crippen molar-refractivity contribution < 1.29 is 9.53 Å². The van der Waals surface area contributed by atoms with Crippen LogP contribution in [0.2, 0.25) is 0 Å². The largest absolute Gasteiger partial charge is 0.495 e. The van der Waals surface area contributed by atoms with E-state index in [1.807, 2.05) is 39.8 Å². The maximum atomic E-state index is 11.6. The first kappa shape index (κ1) is 13.4. The van der Waals surface area contributed by atoms with Crippen molar-refractivity contribution in [2.45, 2.75) is 33.7 Å². The molecular formula is C13H20N2O2. The van der Waals surface area contributed by atoms with E-state index in [0.29, 0.717) is 11.4 Å². The van der Waals surface area contributed by atoms with Gasteiger partial charge in [0.15, 0.2) is 0 Å². The lowest BCUT2D eigenvalue weighted by Gasteiger charge is -2.14. The molecule has 0 saturated heterocycles. The van der Waals surface area contributed by atoms with Gasteiger partial charge in [-0.2, -0.15) is 0 Å². The SMILES string of the molecule is COc1cc(C)c(C)cc1NC(=O)NC(C)C. The van der Waals surface area contributed by atoms with Crippen LogP contribution < -0.4 is 15.4 Å². The summed E-state index contributed by atoms with van der Waals surface area (Å²) < 4.78 is 5.24. The summed E-state index contributed by atoms with van der Waals surface area (Å²) in [6.07, 6.45) is 0. The summed E-state index contributed by atoms with van der Waals surface area (Å²) >= 11 is 0. The van der Waals surface area contributed by atoms with Gasteiger partial charge in [0.1, 0.15) is 5.75 Å². The van der Waals surface area contributed by atoms with Crippen LogP contribution in [-0.4, -0.2) is 19.2 Å². The first-order valence-electron chi connectivity index (χ1n) is 5.66. The quantitative estimate of drug-likeness (QED) is 0.847. The zero-order chi connectivity index (χ0) is 13.0. The number of nitrogens with one attached hydrogen (secondary N) is 2. The van der Waals surface area contributed by atoms with E-state index in [2.05, 4.69) is 10.6 Å². The molecule has 1 aromatic carbocycles. The molecule has 4 nitrogen and oxygen atoms in total. The standard InChI is InChI=1S/C13H20N2O2/c1-8(2)14-13(16)15-11-6-9(3)10(4)7-12(11)17-5/h6-8H,1-5H3,(H2,14,15,16). The van der Waals surface area contributed by atoms with Gasteiger partial charge < -0.3 is 15.4 Å². The second-order valence-electron chi connectivity index (χ2n) is 4.39. The van der Waals surface area contributed by atoms with Crippen molar-refractivity contribution in [3.8, 4) is 5.75 Å². The average molecular weight is 236 g/mol. The number of benzene rings is 1. The fraction of sp³-hybridized carbons (Fsp3) is 0.462. The number of aryl methyl sites for hydroxylation is 2. The van der Waals surface area contributed by atoms with E-state index in [-0.39, 0.29) is 12.1 Å². The zero-order valence-electron chi connectivity index (χ0n) is 11.0. The van der Waals surface area contributed by atoms with Gasteiger partial charge in [-0.3, -0.25) is 0 Å². The Labute approximate surface area is 102 Å². The molecule has 0 radical (unpaired) electrons. The maximum Gasteiger partial charge on any atom is 0.319 e. The van der Waals surface area contributed by atoms with E-state index in [4.69, 9.17) is 4.74 Å². The summed E-state index contributed by atoms with van der Waals surface area (Å²) in [6.45, 7) is 7.84. The fourth-order valence-corrected chi connectivity index (χ4v) is 1.48. The summed E-state index contributed by atoms with van der Waals surface area (Å²) in [5.74, 6) is 0.673. The number of hydrogen-bond donors (Lipinski definition) is 2. The van der Waals surface area contributed by atoms with Crippen molar-refractivity contribution in [3.63, 3.8) is 0 Å². The summed E-state index contributed by atoms with van der Waals surface area (Å²) in [4.78, 5) is 11.6. The number of anilines is 1. The average Bonchev–Trinajstić information content (AvgIpc) is 2.21. The second-order valence-corrected chi connectivity index (χ2v) is 4.39. The Morgan fingerprint density at radius 2 is 1.82 bits per heavy atom. The molecule has 0 aliphatic carbocycles. The fourth-order valence-electron chi connectivity index (χ4n) is 1.48. The third-order valence-corrected chi connectivity index (χ3v) is 2.48. The van der Waals surface area contributed by atoms with E-state index in [9.17, 15) is 4.79 Å². The molecule has 2 N–H and O–H groups in total. The van der Waals surface area contributed by atoms with Crippen molar-refractivity contribution in [1.29, 1.82) is 0 Å². The first-order valence-corrected chi connectivity index (χ1v) is 5.66. The van der Waals surface area contributed by atoms with Gasteiger partial charge in [0.05, 0.1) is 12.8 Å². The van der Waals surface area contributed by atoms with Gasteiger partial charge in [-0.05, 0) is 51.0 Å². The molecule has 1 rings (SSSR count). The van der Waals surface area contributed by atoms with Gasteiger partial charge in [-0.25, -0.2) is 4.79 Å². The molecule has 0 fully saturated rings. The highest BCUT2D eigenvalue weighted by Gasteiger charge is 2.09. The minimum absolute atomic E-state index is 0.104. The predicted octanol–water partition coefficient (Wildman–Crippen LogP) is 2.84. The van der Waals surface area contributed by atoms with Crippen LogP contribution in [0.1, 0.15) is 25.0 Å². The Morgan fingerprint density at radius 3 is 2.35 bits per heavy atom. The van der Waals surface area contributed by atoms with Crippen molar-refractivity contribution >= 4 is 11.7 Å². The number of ether oxygens (including phenoxy) is 1.